The number of hydrogen-bond acceptors (Lipinski definition) is 5. The van der Waals surface area contributed by atoms with Gasteiger partial charge in [0.2, 0.25) is 0 Å². The van der Waals surface area contributed by atoms with E-state index in [0.717, 1.165) is 44.2 Å². The summed E-state index contributed by atoms with van der Waals surface area (Å²) in [7, 11) is 4.31. The number of benzene rings is 1. The lowest BCUT2D eigenvalue weighted by molar-refractivity contribution is -0.0694. The molecule has 2 heterocycles. The lowest BCUT2D eigenvalue weighted by Crippen LogP contribution is -2.59. The molecule has 7 heteroatoms. The van der Waals surface area contributed by atoms with E-state index in [1.54, 1.807) is 12.4 Å². The van der Waals surface area contributed by atoms with Gasteiger partial charge in [0, 0.05) is 12.0 Å². The monoisotopic (exact) mass is 449 g/mol. The van der Waals surface area contributed by atoms with Crippen LogP contribution in [0, 0.1) is 6.92 Å². The molecule has 0 bridgehead atoms. The molecule has 2 amide bonds. The molecule has 3 fully saturated rings. The zero-order valence-electron chi connectivity index (χ0n) is 19.9. The largest absolute Gasteiger partial charge is 0.388 e. The minimum Gasteiger partial charge on any atom is -0.388 e. The number of aryl methyl sites for hydroxylation is 1. The molecule has 33 heavy (non-hydrogen) atoms. The van der Waals surface area contributed by atoms with E-state index >= 15 is 0 Å². The van der Waals surface area contributed by atoms with Crippen LogP contribution in [0.4, 0.5) is 10.5 Å². The molecular weight excluding hydrogens is 414 g/mol. The average molecular weight is 450 g/mol. The van der Waals surface area contributed by atoms with Crippen LogP contribution in [0.15, 0.2) is 42.7 Å². The topological polar surface area (TPSA) is 72.8 Å². The van der Waals surface area contributed by atoms with Gasteiger partial charge in [0.15, 0.2) is 0 Å². The zero-order valence-corrected chi connectivity index (χ0v) is 19.9. The molecule has 2 aliphatic carbocycles. The van der Waals surface area contributed by atoms with Crippen LogP contribution < -0.4 is 4.90 Å². The van der Waals surface area contributed by atoms with Gasteiger partial charge in [-0.25, -0.2) is 14.8 Å². The van der Waals surface area contributed by atoms with Crippen LogP contribution in [0.5, 0.6) is 0 Å². The Hall–Kier alpha value is -2.51. The summed E-state index contributed by atoms with van der Waals surface area (Å²) in [4.78, 5) is 28.7. The molecule has 2 saturated carbocycles. The second kappa shape index (κ2) is 8.37. The number of amides is 2. The predicted molar refractivity (Wildman–Crippen MR) is 128 cm³/mol. The van der Waals surface area contributed by atoms with Crippen molar-refractivity contribution in [2.45, 2.75) is 68.5 Å². The standard InChI is InChI=1S/C26H35N5O2/c1-19-27-15-21(16-28-19)30-17-25(31(24(30)32)18-26(33)11-7-12-26)13-10-23(29(2)3)22(14-25)20-8-5-4-6-9-20/h4-6,8-9,15-16,22-23,33H,7,10-14,17-18H2,1-3H3. The van der Waals surface area contributed by atoms with E-state index in [0.29, 0.717) is 30.9 Å². The zero-order chi connectivity index (χ0) is 23.2. The Morgan fingerprint density at radius 2 is 1.82 bits per heavy atom. The molecule has 3 unspecified atom stereocenters. The summed E-state index contributed by atoms with van der Waals surface area (Å²) in [6, 6.07) is 11.1. The van der Waals surface area contributed by atoms with Crippen molar-refractivity contribution in [1.29, 1.82) is 0 Å². The number of β-amino-alcohol motifs (C(OH)–C–C–N with tert-alkyl or cyclic N) is 1. The highest BCUT2D eigenvalue weighted by molar-refractivity contribution is 5.95. The van der Waals surface area contributed by atoms with Crippen LogP contribution in [-0.4, -0.2) is 75.3 Å². The first kappa shape index (κ1) is 22.3. The molecule has 1 aliphatic heterocycles. The summed E-state index contributed by atoms with van der Waals surface area (Å²) >= 11 is 0. The summed E-state index contributed by atoms with van der Waals surface area (Å²) in [5.41, 5.74) is 0.977. The second-order valence-electron chi connectivity index (χ2n) is 10.5. The minimum absolute atomic E-state index is 0.0297. The first-order valence-corrected chi connectivity index (χ1v) is 12.1. The third-order valence-corrected chi connectivity index (χ3v) is 8.16. The summed E-state index contributed by atoms with van der Waals surface area (Å²) in [6.07, 6.45) is 8.86. The Labute approximate surface area is 196 Å². The highest BCUT2D eigenvalue weighted by Gasteiger charge is 2.56. The molecule has 1 spiro atoms. The average Bonchev–Trinajstić information content (AvgIpc) is 3.05. The fraction of sp³-hybridized carbons (Fsp3) is 0.577. The van der Waals surface area contributed by atoms with Gasteiger partial charge in [0.05, 0.1) is 42.3 Å². The Morgan fingerprint density at radius 3 is 2.42 bits per heavy atom. The molecule has 1 N–H and O–H groups in total. The van der Waals surface area contributed by atoms with Gasteiger partial charge in [0.1, 0.15) is 5.82 Å². The molecule has 1 aromatic carbocycles. The lowest BCUT2D eigenvalue weighted by Gasteiger charge is -2.50. The smallest absolute Gasteiger partial charge is 0.325 e. The number of aliphatic hydroxyl groups is 1. The maximum absolute atomic E-state index is 13.8. The minimum atomic E-state index is -0.761. The summed E-state index contributed by atoms with van der Waals surface area (Å²) in [5, 5.41) is 11.1. The Morgan fingerprint density at radius 1 is 1.12 bits per heavy atom. The molecule has 3 atom stereocenters. The second-order valence-corrected chi connectivity index (χ2v) is 10.5. The van der Waals surface area contributed by atoms with Crippen LogP contribution in [0.2, 0.25) is 0 Å². The number of carbonyl (C=O) groups excluding carboxylic acids is 1. The first-order chi connectivity index (χ1) is 15.8. The normalized spacial score (nSPS) is 29.1. The fourth-order valence-corrected chi connectivity index (χ4v) is 6.11. The van der Waals surface area contributed by atoms with E-state index < -0.39 is 5.60 Å². The molecule has 176 valence electrons. The SMILES string of the molecule is Cc1ncc(N2CC3(CCC(N(C)C)C(c4ccccc4)C3)N(CC3(O)CCC3)C2=O)cn1. The van der Waals surface area contributed by atoms with Gasteiger partial charge in [-0.1, -0.05) is 30.3 Å². The van der Waals surface area contributed by atoms with E-state index in [1.165, 1.54) is 5.56 Å². The lowest BCUT2D eigenvalue weighted by atomic mass is 9.69. The van der Waals surface area contributed by atoms with Crippen molar-refractivity contribution in [2.75, 3.05) is 32.1 Å². The number of anilines is 1. The quantitative estimate of drug-likeness (QED) is 0.755. The summed E-state index contributed by atoms with van der Waals surface area (Å²) < 4.78 is 0. The summed E-state index contributed by atoms with van der Waals surface area (Å²) in [5.74, 6) is 1.01. The van der Waals surface area contributed by atoms with Crippen molar-refractivity contribution in [2.24, 2.45) is 0 Å². The van der Waals surface area contributed by atoms with Crippen LogP contribution in [0.1, 0.15) is 55.8 Å². The van der Waals surface area contributed by atoms with Crippen LogP contribution in [-0.2, 0) is 0 Å². The Kier molecular flexibility index (Phi) is 5.65. The maximum Gasteiger partial charge on any atom is 0.325 e. The third kappa shape index (κ3) is 4.02. The molecular formula is C26H35N5O2. The highest BCUT2D eigenvalue weighted by Crippen LogP contribution is 2.48. The van der Waals surface area contributed by atoms with Crippen molar-refractivity contribution in [3.05, 3.63) is 54.1 Å². The van der Waals surface area contributed by atoms with E-state index in [-0.39, 0.29) is 11.6 Å². The van der Waals surface area contributed by atoms with E-state index in [2.05, 4.69) is 59.3 Å². The van der Waals surface area contributed by atoms with Crippen molar-refractivity contribution in [3.8, 4) is 0 Å². The maximum atomic E-state index is 13.8. The number of carbonyl (C=O) groups is 1. The van der Waals surface area contributed by atoms with Gasteiger partial charge < -0.3 is 14.9 Å². The third-order valence-electron chi connectivity index (χ3n) is 8.16. The number of rotatable bonds is 5. The van der Waals surface area contributed by atoms with Gasteiger partial charge in [-0.2, -0.15) is 0 Å². The molecule has 7 nitrogen and oxygen atoms in total. The molecule has 0 radical (unpaired) electrons. The molecule has 2 aromatic rings. The van der Waals surface area contributed by atoms with Gasteiger partial charge in [0.25, 0.3) is 0 Å². The van der Waals surface area contributed by atoms with E-state index in [1.807, 2.05) is 16.7 Å². The molecule has 3 aliphatic rings. The van der Waals surface area contributed by atoms with Crippen molar-refractivity contribution >= 4 is 11.7 Å². The fourth-order valence-electron chi connectivity index (χ4n) is 6.11. The number of likely N-dealkylation sites (N-methyl/N-ethyl adjacent to an activating group) is 1. The summed E-state index contributed by atoms with van der Waals surface area (Å²) in [6.45, 7) is 2.86. The Balaban J connectivity index is 1.52. The Bertz CT molecular complexity index is 992. The molecule has 1 saturated heterocycles. The van der Waals surface area contributed by atoms with E-state index in [4.69, 9.17) is 0 Å². The van der Waals surface area contributed by atoms with Gasteiger partial charge in [-0.05, 0) is 65.1 Å². The van der Waals surface area contributed by atoms with Crippen LogP contribution in [0.3, 0.4) is 0 Å². The number of aromatic nitrogens is 2. The number of nitrogens with zero attached hydrogens (tertiary/aromatic N) is 5. The van der Waals surface area contributed by atoms with Crippen LogP contribution in [0.25, 0.3) is 0 Å². The number of hydrogen-bond donors (Lipinski definition) is 1. The highest BCUT2D eigenvalue weighted by atomic mass is 16.3. The van der Waals surface area contributed by atoms with Gasteiger partial charge in [-0.15, -0.1) is 0 Å². The molecule has 1 aromatic heterocycles. The van der Waals surface area contributed by atoms with Gasteiger partial charge in [-0.3, -0.25) is 4.90 Å². The number of urea groups is 1. The van der Waals surface area contributed by atoms with Gasteiger partial charge >= 0.3 is 6.03 Å². The van der Waals surface area contributed by atoms with Crippen molar-refractivity contribution in [3.63, 3.8) is 0 Å². The van der Waals surface area contributed by atoms with Crippen LogP contribution >= 0.6 is 0 Å². The molecule has 5 rings (SSSR count). The van der Waals surface area contributed by atoms with Crippen molar-refractivity contribution in [1.82, 2.24) is 19.8 Å². The van der Waals surface area contributed by atoms with Crippen molar-refractivity contribution < 1.29 is 9.90 Å². The van der Waals surface area contributed by atoms with E-state index in [9.17, 15) is 9.90 Å². The first-order valence-electron chi connectivity index (χ1n) is 12.1. The predicted octanol–water partition coefficient (Wildman–Crippen LogP) is 3.58.